The first-order valence-electron chi connectivity index (χ1n) is 7.35. The number of benzene rings is 1. The summed E-state index contributed by atoms with van der Waals surface area (Å²) in [4.78, 5) is 37.7. The van der Waals surface area contributed by atoms with Gasteiger partial charge in [0.15, 0.2) is 12.4 Å². The Bertz CT molecular complexity index is 651. The number of rotatable bonds is 4. The largest absolute Gasteiger partial charge is 0.457 e. The Morgan fingerprint density at radius 3 is 2.78 bits per heavy atom. The molecular formula is C16H18N2O4S. The lowest BCUT2D eigenvalue weighted by molar-refractivity contribution is -0.159. The fourth-order valence-corrected chi connectivity index (χ4v) is 4.17. The van der Waals surface area contributed by atoms with Crippen LogP contribution < -0.4 is 5.73 Å². The number of β-lactam (4-membered cyclic amide) rings is 1. The van der Waals surface area contributed by atoms with Crippen molar-refractivity contribution in [2.24, 2.45) is 11.1 Å². The minimum atomic E-state index is -0.812. The molecule has 1 aromatic rings. The maximum Gasteiger partial charge on any atom is 0.314 e. The highest BCUT2D eigenvalue weighted by Crippen LogP contribution is 2.41. The predicted molar refractivity (Wildman–Crippen MR) is 85.8 cm³/mol. The number of carbonyl (C=O) groups is 3. The zero-order chi connectivity index (χ0) is 16.6. The number of hydrogen-bond donors (Lipinski definition) is 1. The molecule has 0 spiro atoms. The lowest BCUT2D eigenvalue weighted by Crippen LogP contribution is -2.71. The van der Waals surface area contributed by atoms with E-state index in [1.165, 1.54) is 11.8 Å². The van der Waals surface area contributed by atoms with E-state index in [-0.39, 0.29) is 30.2 Å². The number of fused-ring (bicyclic) bond motifs is 1. The molecule has 6 nitrogen and oxygen atoms in total. The van der Waals surface area contributed by atoms with Crippen LogP contribution in [-0.2, 0) is 14.3 Å². The quantitative estimate of drug-likeness (QED) is 0.494. The van der Waals surface area contributed by atoms with Gasteiger partial charge in [0, 0.05) is 17.9 Å². The number of thioether (sulfide) groups is 1. The van der Waals surface area contributed by atoms with Crippen molar-refractivity contribution in [3.8, 4) is 0 Å². The molecule has 2 fully saturated rings. The minimum Gasteiger partial charge on any atom is -0.457 e. The zero-order valence-electron chi connectivity index (χ0n) is 12.7. The molecule has 0 bridgehead atoms. The highest BCUT2D eigenvalue weighted by molar-refractivity contribution is 8.00. The van der Waals surface area contributed by atoms with Crippen molar-refractivity contribution >= 4 is 29.4 Å². The van der Waals surface area contributed by atoms with Gasteiger partial charge in [-0.1, -0.05) is 30.3 Å². The van der Waals surface area contributed by atoms with Gasteiger partial charge >= 0.3 is 5.97 Å². The molecule has 1 amide bonds. The summed E-state index contributed by atoms with van der Waals surface area (Å²) < 4.78 is 5.20. The van der Waals surface area contributed by atoms with Crippen LogP contribution in [0.5, 0.6) is 0 Å². The third-order valence-electron chi connectivity index (χ3n) is 4.20. The molecule has 2 aliphatic heterocycles. The molecule has 0 radical (unpaired) electrons. The monoisotopic (exact) mass is 334 g/mol. The van der Waals surface area contributed by atoms with E-state index in [0.717, 1.165) is 0 Å². The van der Waals surface area contributed by atoms with Gasteiger partial charge in [-0.05, 0) is 6.92 Å². The number of ketones is 1. The SMILES string of the molecule is CC1(C(=O)OCC(=O)c2ccccc2)CS[C@@H]2C(N)C(=O)N2C1. The van der Waals surface area contributed by atoms with Crippen LogP contribution in [0.25, 0.3) is 0 Å². The summed E-state index contributed by atoms with van der Waals surface area (Å²) in [6, 6.07) is 8.21. The summed E-state index contributed by atoms with van der Waals surface area (Å²) >= 11 is 1.49. The van der Waals surface area contributed by atoms with Crippen molar-refractivity contribution in [3.05, 3.63) is 35.9 Å². The highest BCUT2D eigenvalue weighted by atomic mass is 32.2. The van der Waals surface area contributed by atoms with Crippen molar-refractivity contribution in [1.82, 2.24) is 4.90 Å². The van der Waals surface area contributed by atoms with E-state index in [4.69, 9.17) is 10.5 Å². The second-order valence-corrected chi connectivity index (χ2v) is 7.22. The summed E-state index contributed by atoms with van der Waals surface area (Å²) in [6.07, 6.45) is 0. The molecule has 3 rings (SSSR count). The average Bonchev–Trinajstić information content (AvgIpc) is 2.59. The van der Waals surface area contributed by atoms with Gasteiger partial charge in [-0.25, -0.2) is 0 Å². The Balaban J connectivity index is 1.58. The van der Waals surface area contributed by atoms with Crippen LogP contribution in [-0.4, -0.2) is 52.9 Å². The molecule has 2 unspecified atom stereocenters. The molecule has 2 aliphatic rings. The molecule has 0 aromatic heterocycles. The van der Waals surface area contributed by atoms with Gasteiger partial charge in [0.1, 0.15) is 11.4 Å². The number of hydrogen-bond acceptors (Lipinski definition) is 6. The van der Waals surface area contributed by atoms with Gasteiger partial charge in [0.05, 0.1) is 5.41 Å². The normalized spacial score (nSPS) is 29.5. The van der Waals surface area contributed by atoms with Crippen molar-refractivity contribution in [2.75, 3.05) is 18.9 Å². The molecule has 2 heterocycles. The van der Waals surface area contributed by atoms with Crippen LogP contribution in [0.4, 0.5) is 0 Å². The fourth-order valence-electron chi connectivity index (χ4n) is 2.74. The van der Waals surface area contributed by atoms with E-state index in [1.54, 1.807) is 36.1 Å². The van der Waals surface area contributed by atoms with Gasteiger partial charge in [-0.2, -0.15) is 0 Å². The van der Waals surface area contributed by atoms with Crippen LogP contribution in [0.3, 0.4) is 0 Å². The molecule has 2 N–H and O–H groups in total. The van der Waals surface area contributed by atoms with Crippen molar-refractivity contribution in [2.45, 2.75) is 18.3 Å². The van der Waals surface area contributed by atoms with Crippen molar-refractivity contribution in [3.63, 3.8) is 0 Å². The summed E-state index contributed by atoms with van der Waals surface area (Å²) in [7, 11) is 0. The number of nitrogens with zero attached hydrogens (tertiary/aromatic N) is 1. The number of nitrogens with two attached hydrogens (primary N) is 1. The number of esters is 1. The maximum atomic E-state index is 12.4. The molecule has 7 heteroatoms. The topological polar surface area (TPSA) is 89.7 Å². The summed E-state index contributed by atoms with van der Waals surface area (Å²) in [5.74, 6) is -0.318. The van der Waals surface area contributed by atoms with Gasteiger partial charge in [0.25, 0.3) is 0 Å². The first kappa shape index (κ1) is 16.0. The number of ether oxygens (including phenoxy) is 1. The van der Waals surface area contributed by atoms with E-state index in [2.05, 4.69) is 0 Å². The van der Waals surface area contributed by atoms with Crippen LogP contribution in [0.15, 0.2) is 30.3 Å². The maximum absolute atomic E-state index is 12.4. The third-order valence-corrected chi connectivity index (χ3v) is 5.89. The van der Waals surface area contributed by atoms with E-state index in [0.29, 0.717) is 11.3 Å². The number of amides is 1. The van der Waals surface area contributed by atoms with E-state index in [9.17, 15) is 14.4 Å². The molecule has 3 atom stereocenters. The summed E-state index contributed by atoms with van der Waals surface area (Å²) in [6.45, 7) is 1.75. The molecule has 1 aromatic carbocycles. The van der Waals surface area contributed by atoms with Crippen molar-refractivity contribution < 1.29 is 19.1 Å². The molecular weight excluding hydrogens is 316 g/mol. The van der Waals surface area contributed by atoms with Crippen molar-refractivity contribution in [1.29, 1.82) is 0 Å². The Morgan fingerprint density at radius 2 is 2.09 bits per heavy atom. The fraction of sp³-hybridized carbons (Fsp3) is 0.438. The van der Waals surface area contributed by atoms with Gasteiger partial charge < -0.3 is 15.4 Å². The minimum absolute atomic E-state index is 0.0469. The summed E-state index contributed by atoms with van der Waals surface area (Å²) in [5.41, 5.74) is 5.43. The van der Waals surface area contributed by atoms with E-state index < -0.39 is 17.4 Å². The van der Waals surface area contributed by atoms with Crippen LogP contribution >= 0.6 is 11.8 Å². The van der Waals surface area contributed by atoms with Gasteiger partial charge in [0.2, 0.25) is 5.91 Å². The zero-order valence-corrected chi connectivity index (χ0v) is 13.5. The molecule has 122 valence electrons. The Hall–Kier alpha value is -1.86. The first-order valence-corrected chi connectivity index (χ1v) is 8.40. The van der Waals surface area contributed by atoms with E-state index in [1.807, 2.05) is 6.07 Å². The lowest BCUT2D eigenvalue weighted by atomic mass is 9.89. The smallest absolute Gasteiger partial charge is 0.314 e. The second kappa shape index (κ2) is 5.98. The molecule has 2 saturated heterocycles. The standard InChI is InChI=1S/C16H18N2O4S/c1-16(8-18-13(20)12(17)14(18)23-9-16)15(21)22-7-11(19)10-5-3-2-4-6-10/h2-6,12,14H,7-9,17H2,1H3/t12?,14-,16?/m1/s1. The molecule has 23 heavy (non-hydrogen) atoms. The summed E-state index contributed by atoms with van der Waals surface area (Å²) in [5, 5.41) is -0.0469. The third kappa shape index (κ3) is 2.86. The van der Waals surface area contributed by atoms with Crippen LogP contribution in [0.1, 0.15) is 17.3 Å². The number of carbonyl (C=O) groups excluding carboxylic acids is 3. The van der Waals surface area contributed by atoms with E-state index >= 15 is 0 Å². The second-order valence-electron chi connectivity index (χ2n) is 6.12. The highest BCUT2D eigenvalue weighted by Gasteiger charge is 2.54. The Labute approximate surface area is 138 Å². The Kier molecular flexibility index (Phi) is 4.16. The molecule has 0 saturated carbocycles. The van der Waals surface area contributed by atoms with Crippen LogP contribution in [0, 0.1) is 5.41 Å². The lowest BCUT2D eigenvalue weighted by Gasteiger charge is -2.52. The number of Topliss-reactive ketones (excluding diaryl/α,β-unsaturated/α-hetero) is 1. The first-order chi connectivity index (χ1) is 10.9. The Morgan fingerprint density at radius 1 is 1.39 bits per heavy atom. The van der Waals surface area contributed by atoms with Gasteiger partial charge in [-0.15, -0.1) is 11.8 Å². The van der Waals surface area contributed by atoms with Crippen LogP contribution in [0.2, 0.25) is 0 Å². The average molecular weight is 334 g/mol. The molecule has 0 aliphatic carbocycles. The van der Waals surface area contributed by atoms with Gasteiger partial charge in [-0.3, -0.25) is 14.4 Å². The predicted octanol–water partition coefficient (Wildman–Crippen LogP) is 0.661.